The largest absolute Gasteiger partial charge is 0.379 e. The molecule has 0 aliphatic rings. The summed E-state index contributed by atoms with van der Waals surface area (Å²) in [7, 11) is 0. The Hall–Kier alpha value is -1.10. The van der Waals surface area contributed by atoms with Gasteiger partial charge in [0.25, 0.3) is 0 Å². The quantitative estimate of drug-likeness (QED) is 0.676. The molecule has 0 spiro atoms. The Morgan fingerprint density at radius 2 is 2.00 bits per heavy atom. The molecule has 0 fully saturated rings. The second-order valence-electron chi connectivity index (χ2n) is 4.73. The van der Waals surface area contributed by atoms with Gasteiger partial charge in [-0.1, -0.05) is 23.7 Å². The third-order valence-corrected chi connectivity index (χ3v) is 3.28. The van der Waals surface area contributed by atoms with E-state index in [0.717, 1.165) is 17.9 Å². The van der Waals surface area contributed by atoms with E-state index in [1.807, 2.05) is 31.2 Å². The summed E-state index contributed by atoms with van der Waals surface area (Å²) in [4.78, 5) is 11.8. The van der Waals surface area contributed by atoms with Crippen LogP contribution in [0.2, 0.25) is 5.02 Å². The van der Waals surface area contributed by atoms with Crippen molar-refractivity contribution < 1.29 is 14.3 Å². The van der Waals surface area contributed by atoms with Crippen molar-refractivity contribution in [2.45, 2.75) is 32.8 Å². The summed E-state index contributed by atoms with van der Waals surface area (Å²) in [5.41, 5.74) is 1.22. The van der Waals surface area contributed by atoms with Crippen molar-refractivity contribution in [2.75, 3.05) is 26.4 Å². The van der Waals surface area contributed by atoms with E-state index in [-0.39, 0.29) is 5.91 Å². The molecule has 1 atom stereocenters. The second kappa shape index (κ2) is 10.6. The van der Waals surface area contributed by atoms with Gasteiger partial charge in [0.2, 0.25) is 5.91 Å². The highest BCUT2D eigenvalue weighted by atomic mass is 35.5. The molecule has 0 aliphatic heterocycles. The lowest BCUT2D eigenvalue weighted by Crippen LogP contribution is -2.35. The van der Waals surface area contributed by atoms with Crippen molar-refractivity contribution in [1.29, 1.82) is 0 Å². The summed E-state index contributed by atoms with van der Waals surface area (Å²) in [5.74, 6) is -0.0809. The Morgan fingerprint density at radius 3 is 2.67 bits per heavy atom. The number of hydrogen-bond donors (Lipinski definition) is 1. The number of carbonyl (C=O) groups is 1. The zero-order valence-electron chi connectivity index (χ0n) is 12.7. The fourth-order valence-electron chi connectivity index (χ4n) is 1.80. The van der Waals surface area contributed by atoms with Crippen LogP contribution in [-0.2, 0) is 20.7 Å². The molecule has 0 bridgehead atoms. The molecule has 5 heteroatoms. The minimum Gasteiger partial charge on any atom is -0.379 e. The number of ether oxygens (including phenoxy) is 2. The van der Waals surface area contributed by atoms with Crippen LogP contribution >= 0.6 is 11.6 Å². The summed E-state index contributed by atoms with van der Waals surface area (Å²) in [6, 6.07) is 7.76. The van der Waals surface area contributed by atoms with Crippen molar-refractivity contribution >= 4 is 17.5 Å². The minimum absolute atomic E-state index is 0.0809. The molecule has 0 aromatic heterocycles. The van der Waals surface area contributed by atoms with Crippen LogP contribution in [0.3, 0.4) is 0 Å². The number of rotatable bonds is 10. The van der Waals surface area contributed by atoms with Crippen molar-refractivity contribution in [1.82, 2.24) is 5.32 Å². The van der Waals surface area contributed by atoms with Crippen LogP contribution in [0.4, 0.5) is 0 Å². The van der Waals surface area contributed by atoms with Gasteiger partial charge in [-0.05, 0) is 44.4 Å². The first-order valence-electron chi connectivity index (χ1n) is 7.35. The molecule has 4 nitrogen and oxygen atoms in total. The molecule has 1 N–H and O–H groups in total. The van der Waals surface area contributed by atoms with Crippen LogP contribution in [-0.4, -0.2) is 38.4 Å². The monoisotopic (exact) mass is 313 g/mol. The van der Waals surface area contributed by atoms with E-state index in [4.69, 9.17) is 21.1 Å². The van der Waals surface area contributed by atoms with Crippen LogP contribution in [0.5, 0.6) is 0 Å². The maximum absolute atomic E-state index is 11.8. The number of nitrogens with one attached hydrogen (secondary N) is 1. The summed E-state index contributed by atoms with van der Waals surface area (Å²) in [5, 5.41) is 3.61. The van der Waals surface area contributed by atoms with Gasteiger partial charge in [0, 0.05) is 18.2 Å². The maximum atomic E-state index is 11.8. The number of carbonyl (C=O) groups excluding carboxylic acids is 1. The molecule has 118 valence electrons. The van der Waals surface area contributed by atoms with E-state index in [0.29, 0.717) is 26.4 Å². The van der Waals surface area contributed by atoms with E-state index in [2.05, 4.69) is 5.32 Å². The Labute approximate surface area is 131 Å². The molecule has 1 aromatic rings. The molecular weight excluding hydrogens is 290 g/mol. The van der Waals surface area contributed by atoms with Crippen molar-refractivity contribution in [3.63, 3.8) is 0 Å². The number of hydrogen-bond acceptors (Lipinski definition) is 3. The highest BCUT2D eigenvalue weighted by molar-refractivity contribution is 6.30. The topological polar surface area (TPSA) is 47.6 Å². The average Bonchev–Trinajstić information content (AvgIpc) is 2.49. The zero-order valence-corrected chi connectivity index (χ0v) is 13.5. The minimum atomic E-state index is -0.444. The van der Waals surface area contributed by atoms with Gasteiger partial charge in [-0.25, -0.2) is 0 Å². The van der Waals surface area contributed by atoms with E-state index < -0.39 is 6.10 Å². The zero-order chi connectivity index (χ0) is 15.5. The molecule has 0 saturated carbocycles. The highest BCUT2D eigenvalue weighted by Crippen LogP contribution is 2.10. The van der Waals surface area contributed by atoms with E-state index >= 15 is 0 Å². The van der Waals surface area contributed by atoms with Crippen molar-refractivity contribution in [2.24, 2.45) is 0 Å². The lowest BCUT2D eigenvalue weighted by molar-refractivity contribution is -0.132. The van der Waals surface area contributed by atoms with Crippen LogP contribution in [0.15, 0.2) is 24.3 Å². The van der Waals surface area contributed by atoms with Crippen LogP contribution in [0.25, 0.3) is 0 Å². The molecule has 0 saturated heterocycles. The van der Waals surface area contributed by atoms with Gasteiger partial charge in [0.15, 0.2) is 0 Å². The second-order valence-corrected chi connectivity index (χ2v) is 5.17. The number of aryl methyl sites for hydroxylation is 1. The molecule has 1 amide bonds. The van der Waals surface area contributed by atoms with Gasteiger partial charge in [0.1, 0.15) is 6.10 Å². The van der Waals surface area contributed by atoms with Gasteiger partial charge >= 0.3 is 0 Å². The Morgan fingerprint density at radius 1 is 1.29 bits per heavy atom. The summed E-state index contributed by atoms with van der Waals surface area (Å²) in [6.07, 6.45) is 1.36. The van der Waals surface area contributed by atoms with E-state index in [1.54, 1.807) is 6.92 Å². The van der Waals surface area contributed by atoms with Gasteiger partial charge in [-0.15, -0.1) is 0 Å². The van der Waals surface area contributed by atoms with Crippen LogP contribution < -0.4 is 5.32 Å². The molecule has 0 aliphatic carbocycles. The van der Waals surface area contributed by atoms with Gasteiger partial charge in [-0.3, -0.25) is 4.79 Å². The standard InChI is InChI=1S/C16H24ClNO3/c1-3-20-11-12-21-13(2)16(19)18-10-4-5-14-6-8-15(17)9-7-14/h6-9,13H,3-5,10-12H2,1-2H3,(H,18,19)/t13-/m0/s1. The predicted octanol–water partition coefficient (Wildman–Crippen LogP) is 2.83. The first-order valence-corrected chi connectivity index (χ1v) is 7.72. The molecule has 0 unspecified atom stereocenters. The predicted molar refractivity (Wildman–Crippen MR) is 84.7 cm³/mol. The van der Waals surface area contributed by atoms with Crippen LogP contribution in [0.1, 0.15) is 25.8 Å². The Kier molecular flexibility index (Phi) is 9.06. The Bertz CT molecular complexity index is 408. The van der Waals surface area contributed by atoms with E-state index in [1.165, 1.54) is 5.56 Å². The lowest BCUT2D eigenvalue weighted by Gasteiger charge is -2.13. The van der Waals surface area contributed by atoms with Gasteiger partial charge < -0.3 is 14.8 Å². The van der Waals surface area contributed by atoms with Crippen LogP contribution in [0, 0.1) is 0 Å². The summed E-state index contributed by atoms with van der Waals surface area (Å²) < 4.78 is 10.5. The number of benzene rings is 1. The summed E-state index contributed by atoms with van der Waals surface area (Å²) >= 11 is 5.83. The molecule has 1 aromatic carbocycles. The number of amides is 1. The first kappa shape index (κ1) is 18.0. The van der Waals surface area contributed by atoms with E-state index in [9.17, 15) is 4.79 Å². The maximum Gasteiger partial charge on any atom is 0.248 e. The normalized spacial score (nSPS) is 12.1. The third kappa shape index (κ3) is 8.05. The Balaban J connectivity index is 2.10. The molecule has 1 rings (SSSR count). The van der Waals surface area contributed by atoms with Gasteiger partial charge in [-0.2, -0.15) is 0 Å². The highest BCUT2D eigenvalue weighted by Gasteiger charge is 2.12. The molecule has 0 heterocycles. The number of halogens is 1. The molecular formula is C16H24ClNO3. The molecule has 21 heavy (non-hydrogen) atoms. The third-order valence-electron chi connectivity index (χ3n) is 3.02. The first-order chi connectivity index (χ1) is 10.1. The van der Waals surface area contributed by atoms with Crippen molar-refractivity contribution in [3.05, 3.63) is 34.9 Å². The SMILES string of the molecule is CCOCCO[C@@H](C)C(=O)NCCCc1ccc(Cl)cc1. The smallest absolute Gasteiger partial charge is 0.248 e. The fraction of sp³-hybridized carbons (Fsp3) is 0.562. The van der Waals surface area contributed by atoms with Crippen molar-refractivity contribution in [3.8, 4) is 0 Å². The lowest BCUT2D eigenvalue weighted by atomic mass is 10.1. The average molecular weight is 314 g/mol. The summed E-state index contributed by atoms with van der Waals surface area (Å²) in [6.45, 7) is 5.93. The fourth-order valence-corrected chi connectivity index (χ4v) is 1.93. The molecule has 0 radical (unpaired) electrons. The van der Waals surface area contributed by atoms with Gasteiger partial charge in [0.05, 0.1) is 13.2 Å².